The monoisotopic (exact) mass is 410 g/mol. The lowest BCUT2D eigenvalue weighted by Crippen LogP contribution is -2.39. The van der Waals surface area contributed by atoms with Gasteiger partial charge in [-0.1, -0.05) is 24.3 Å². The summed E-state index contributed by atoms with van der Waals surface area (Å²) < 4.78 is 0. The first-order chi connectivity index (χ1) is 14.3. The molecule has 1 fully saturated rings. The first-order valence-corrected chi connectivity index (χ1v) is 9.79. The molecular formula is C21H26N6O3. The van der Waals surface area contributed by atoms with Gasteiger partial charge in [-0.15, -0.1) is 10.2 Å². The molecule has 30 heavy (non-hydrogen) atoms. The van der Waals surface area contributed by atoms with Crippen LogP contribution in [0, 0.1) is 11.3 Å². The van der Waals surface area contributed by atoms with E-state index in [2.05, 4.69) is 15.5 Å². The number of nitrogens with one attached hydrogen (secondary N) is 2. The van der Waals surface area contributed by atoms with Crippen molar-refractivity contribution in [2.45, 2.75) is 31.7 Å². The molecule has 9 heteroatoms. The predicted molar refractivity (Wildman–Crippen MR) is 114 cm³/mol. The highest BCUT2D eigenvalue weighted by atomic mass is 16.4. The summed E-state index contributed by atoms with van der Waals surface area (Å²) in [6.45, 7) is 0. The molecule has 0 atom stereocenters. The van der Waals surface area contributed by atoms with Gasteiger partial charge in [-0.05, 0) is 31.7 Å². The van der Waals surface area contributed by atoms with E-state index in [1.54, 1.807) is 49.3 Å². The van der Waals surface area contributed by atoms with Gasteiger partial charge < -0.3 is 21.1 Å². The number of nitrogen functional groups attached to an aromatic ring is 1. The lowest BCUT2D eigenvalue weighted by Gasteiger charge is -2.27. The first-order valence-electron chi connectivity index (χ1n) is 9.79. The molecule has 0 bridgehead atoms. The van der Waals surface area contributed by atoms with Crippen molar-refractivity contribution >= 4 is 23.5 Å². The number of carboxylic acids is 1. The van der Waals surface area contributed by atoms with Gasteiger partial charge in [0.15, 0.2) is 5.82 Å². The molecule has 3 rings (SSSR count). The Balaban J connectivity index is 1.81. The van der Waals surface area contributed by atoms with Crippen molar-refractivity contribution in [1.82, 2.24) is 15.5 Å². The molecule has 158 valence electrons. The maximum atomic E-state index is 13.0. The summed E-state index contributed by atoms with van der Waals surface area (Å²) in [7, 11) is 3.58. The van der Waals surface area contributed by atoms with E-state index in [9.17, 15) is 9.59 Å². The maximum Gasteiger partial charge on any atom is 0.306 e. The van der Waals surface area contributed by atoms with Crippen LogP contribution >= 0.6 is 0 Å². The van der Waals surface area contributed by atoms with E-state index in [1.807, 2.05) is 0 Å². The van der Waals surface area contributed by atoms with E-state index in [-0.39, 0.29) is 23.7 Å². The van der Waals surface area contributed by atoms with Crippen LogP contribution in [0.25, 0.3) is 11.3 Å². The minimum atomic E-state index is -0.770. The SMILES string of the molecule is CN(C)c1nnc(-c2ccc(C(=N)N)cc2)cc1C(=O)N[C@H]1CC[C@H](C(=O)O)CC1. The Bertz CT molecular complexity index is 950. The van der Waals surface area contributed by atoms with Gasteiger partial charge in [0.25, 0.3) is 5.91 Å². The van der Waals surface area contributed by atoms with Crippen LogP contribution in [0.1, 0.15) is 41.6 Å². The third-order valence-electron chi connectivity index (χ3n) is 5.35. The molecule has 1 aliphatic carbocycles. The van der Waals surface area contributed by atoms with E-state index in [0.717, 1.165) is 5.56 Å². The quantitative estimate of drug-likeness (QED) is 0.420. The van der Waals surface area contributed by atoms with Crippen LogP contribution in [0.5, 0.6) is 0 Å². The fourth-order valence-corrected chi connectivity index (χ4v) is 3.59. The third-order valence-corrected chi connectivity index (χ3v) is 5.35. The molecule has 0 saturated heterocycles. The molecule has 0 radical (unpaired) electrons. The molecule has 9 nitrogen and oxygen atoms in total. The fraction of sp³-hybridized carbons (Fsp3) is 0.381. The third kappa shape index (κ3) is 4.73. The molecule has 1 heterocycles. The maximum absolute atomic E-state index is 13.0. The van der Waals surface area contributed by atoms with Crippen LogP contribution in [-0.2, 0) is 4.79 Å². The van der Waals surface area contributed by atoms with E-state index in [0.29, 0.717) is 48.3 Å². The topological polar surface area (TPSA) is 145 Å². The highest BCUT2D eigenvalue weighted by molar-refractivity contribution is 6.00. The Morgan fingerprint density at radius 3 is 2.30 bits per heavy atom. The number of carboxylic acid groups (broad SMARTS) is 1. The van der Waals surface area contributed by atoms with Gasteiger partial charge in [-0.25, -0.2) is 0 Å². The average Bonchev–Trinajstić information content (AvgIpc) is 2.73. The zero-order chi connectivity index (χ0) is 21.8. The zero-order valence-corrected chi connectivity index (χ0v) is 17.1. The Hall–Kier alpha value is -3.49. The lowest BCUT2D eigenvalue weighted by atomic mass is 9.86. The Morgan fingerprint density at radius 1 is 1.13 bits per heavy atom. The van der Waals surface area contributed by atoms with Crippen molar-refractivity contribution < 1.29 is 14.7 Å². The average molecular weight is 410 g/mol. The number of nitrogens with two attached hydrogens (primary N) is 1. The van der Waals surface area contributed by atoms with Gasteiger partial charge in [0, 0.05) is 31.3 Å². The minimum Gasteiger partial charge on any atom is -0.481 e. The number of nitrogens with zero attached hydrogens (tertiary/aromatic N) is 3. The predicted octanol–water partition coefficient (Wildman–Crippen LogP) is 1.87. The number of benzene rings is 1. The summed E-state index contributed by atoms with van der Waals surface area (Å²) in [5.74, 6) is -0.922. The fourth-order valence-electron chi connectivity index (χ4n) is 3.59. The molecule has 0 unspecified atom stereocenters. The summed E-state index contributed by atoms with van der Waals surface area (Å²) in [5.41, 5.74) is 7.80. The van der Waals surface area contributed by atoms with E-state index < -0.39 is 5.97 Å². The number of aliphatic carboxylic acids is 1. The van der Waals surface area contributed by atoms with Crippen LogP contribution in [0.4, 0.5) is 5.82 Å². The van der Waals surface area contributed by atoms with Crippen LogP contribution in [0.3, 0.4) is 0 Å². The number of carbonyl (C=O) groups excluding carboxylic acids is 1. The molecule has 1 aliphatic rings. The number of carbonyl (C=O) groups is 2. The molecule has 1 saturated carbocycles. The second-order valence-corrected chi connectivity index (χ2v) is 7.71. The molecule has 0 aliphatic heterocycles. The van der Waals surface area contributed by atoms with Crippen molar-refractivity contribution in [1.29, 1.82) is 5.41 Å². The van der Waals surface area contributed by atoms with Gasteiger partial charge in [0.2, 0.25) is 0 Å². The number of hydrogen-bond acceptors (Lipinski definition) is 6. The van der Waals surface area contributed by atoms with Crippen LogP contribution in [0.15, 0.2) is 30.3 Å². The molecule has 1 amide bonds. The van der Waals surface area contributed by atoms with E-state index in [4.69, 9.17) is 16.2 Å². The standard InChI is InChI=1S/C21H26N6O3/c1-27(2)19-16(20(28)24-15-9-7-14(8-10-15)21(29)30)11-17(25-26-19)12-3-5-13(6-4-12)18(22)23/h3-6,11,14-15H,7-10H2,1-2H3,(H3,22,23)(H,24,28)(H,29,30)/t14-,15-. The molecule has 5 N–H and O–H groups in total. The Morgan fingerprint density at radius 2 is 1.77 bits per heavy atom. The summed E-state index contributed by atoms with van der Waals surface area (Å²) in [6, 6.07) is 8.65. The number of hydrogen-bond donors (Lipinski definition) is 4. The second-order valence-electron chi connectivity index (χ2n) is 7.71. The van der Waals surface area contributed by atoms with Crippen LogP contribution in [0.2, 0.25) is 0 Å². The van der Waals surface area contributed by atoms with Crippen LogP contribution in [-0.4, -0.2) is 53.2 Å². The van der Waals surface area contributed by atoms with E-state index >= 15 is 0 Å². The molecule has 2 aromatic rings. The molecular weight excluding hydrogens is 384 g/mol. The summed E-state index contributed by atoms with van der Waals surface area (Å²) in [6.07, 6.45) is 2.39. The van der Waals surface area contributed by atoms with Crippen molar-refractivity contribution in [2.75, 3.05) is 19.0 Å². The highest BCUT2D eigenvalue weighted by Gasteiger charge is 2.28. The van der Waals surface area contributed by atoms with Crippen molar-refractivity contribution in [3.05, 3.63) is 41.5 Å². The van der Waals surface area contributed by atoms with Gasteiger partial charge >= 0.3 is 5.97 Å². The van der Waals surface area contributed by atoms with Crippen LogP contribution < -0.4 is 16.0 Å². The first kappa shape index (κ1) is 21.2. The normalized spacial score (nSPS) is 18.5. The Labute approximate surface area is 174 Å². The number of amides is 1. The molecule has 1 aromatic heterocycles. The number of anilines is 1. The summed E-state index contributed by atoms with van der Waals surface area (Å²) in [4.78, 5) is 25.9. The summed E-state index contributed by atoms with van der Waals surface area (Å²) >= 11 is 0. The smallest absolute Gasteiger partial charge is 0.306 e. The Kier molecular flexibility index (Phi) is 6.29. The number of aromatic nitrogens is 2. The minimum absolute atomic E-state index is 0.0201. The molecule has 0 spiro atoms. The van der Waals surface area contributed by atoms with Gasteiger partial charge in [0.1, 0.15) is 5.84 Å². The zero-order valence-electron chi connectivity index (χ0n) is 17.1. The summed E-state index contributed by atoms with van der Waals surface area (Å²) in [5, 5.41) is 28.1. The lowest BCUT2D eigenvalue weighted by molar-refractivity contribution is -0.142. The van der Waals surface area contributed by atoms with Gasteiger partial charge in [-0.2, -0.15) is 0 Å². The van der Waals surface area contributed by atoms with Crippen molar-refractivity contribution in [2.24, 2.45) is 11.7 Å². The largest absolute Gasteiger partial charge is 0.481 e. The van der Waals surface area contributed by atoms with Gasteiger partial charge in [-0.3, -0.25) is 15.0 Å². The van der Waals surface area contributed by atoms with Crippen molar-refractivity contribution in [3.8, 4) is 11.3 Å². The highest BCUT2D eigenvalue weighted by Crippen LogP contribution is 2.26. The number of rotatable bonds is 6. The van der Waals surface area contributed by atoms with Gasteiger partial charge in [0.05, 0.1) is 17.2 Å². The molecule has 1 aromatic carbocycles. The van der Waals surface area contributed by atoms with E-state index in [1.165, 1.54) is 0 Å². The van der Waals surface area contributed by atoms with Crippen molar-refractivity contribution in [3.63, 3.8) is 0 Å². The second kappa shape index (κ2) is 8.89. The number of amidine groups is 1.